The number of hydrogen-bond acceptors (Lipinski definition) is 5. The Labute approximate surface area is 122 Å². The van der Waals surface area contributed by atoms with Crippen molar-refractivity contribution in [2.24, 2.45) is 0 Å². The molecule has 1 aliphatic heterocycles. The van der Waals surface area contributed by atoms with E-state index in [0.717, 1.165) is 16.9 Å². The van der Waals surface area contributed by atoms with Gasteiger partial charge in [0.1, 0.15) is 5.75 Å². The van der Waals surface area contributed by atoms with Crippen LogP contribution in [0, 0.1) is 0 Å². The Morgan fingerprint density at radius 2 is 1.81 bits per heavy atom. The molecule has 2 aromatic carbocycles. The Kier molecular flexibility index (Phi) is 3.39. The lowest BCUT2D eigenvalue weighted by molar-refractivity contribution is 0.0600. The van der Waals surface area contributed by atoms with Crippen LogP contribution in [0.15, 0.2) is 36.4 Å². The monoisotopic (exact) mass is 286 g/mol. The van der Waals surface area contributed by atoms with E-state index in [1.807, 2.05) is 24.3 Å². The van der Waals surface area contributed by atoms with E-state index in [1.165, 1.54) is 7.11 Å². The van der Waals surface area contributed by atoms with Gasteiger partial charge < -0.3 is 18.9 Å². The topological polar surface area (TPSA) is 54.0 Å². The maximum absolute atomic E-state index is 11.7. The van der Waals surface area contributed by atoms with Gasteiger partial charge in [-0.3, -0.25) is 0 Å². The molecule has 0 radical (unpaired) electrons. The Bertz CT molecular complexity index is 693. The third-order valence-corrected chi connectivity index (χ3v) is 3.27. The second-order valence-electron chi connectivity index (χ2n) is 4.51. The molecule has 5 heteroatoms. The number of carbonyl (C=O) groups is 1. The van der Waals surface area contributed by atoms with Crippen molar-refractivity contribution in [3.8, 4) is 28.4 Å². The molecule has 0 saturated heterocycles. The van der Waals surface area contributed by atoms with Gasteiger partial charge >= 0.3 is 5.97 Å². The van der Waals surface area contributed by atoms with E-state index in [-0.39, 0.29) is 6.79 Å². The average molecular weight is 286 g/mol. The van der Waals surface area contributed by atoms with Crippen LogP contribution in [0.2, 0.25) is 0 Å². The van der Waals surface area contributed by atoms with Crippen molar-refractivity contribution in [1.82, 2.24) is 0 Å². The third-order valence-electron chi connectivity index (χ3n) is 3.27. The van der Waals surface area contributed by atoms with E-state index < -0.39 is 5.97 Å². The molecule has 108 valence electrons. The van der Waals surface area contributed by atoms with Crippen LogP contribution in [0.3, 0.4) is 0 Å². The molecule has 0 aromatic heterocycles. The molecule has 0 saturated carbocycles. The molecule has 0 bridgehead atoms. The molecule has 0 spiro atoms. The van der Waals surface area contributed by atoms with E-state index in [2.05, 4.69) is 0 Å². The quantitative estimate of drug-likeness (QED) is 0.812. The van der Waals surface area contributed by atoms with E-state index in [1.54, 1.807) is 19.2 Å². The Morgan fingerprint density at radius 1 is 1.00 bits per heavy atom. The highest BCUT2D eigenvalue weighted by Gasteiger charge is 2.15. The molecule has 5 nitrogen and oxygen atoms in total. The smallest absolute Gasteiger partial charge is 0.338 e. The molecular weight excluding hydrogens is 272 g/mol. The predicted molar refractivity (Wildman–Crippen MR) is 75.9 cm³/mol. The molecule has 0 aliphatic carbocycles. The summed E-state index contributed by atoms with van der Waals surface area (Å²) in [6.45, 7) is 0.226. The molecule has 0 N–H and O–H groups in total. The van der Waals surface area contributed by atoms with E-state index in [0.29, 0.717) is 17.1 Å². The molecule has 3 rings (SSSR count). The summed E-state index contributed by atoms with van der Waals surface area (Å²) in [6.07, 6.45) is 0. The minimum atomic E-state index is -0.407. The molecule has 21 heavy (non-hydrogen) atoms. The average Bonchev–Trinajstić information content (AvgIpc) is 3.01. The van der Waals surface area contributed by atoms with Gasteiger partial charge in [-0.15, -0.1) is 0 Å². The zero-order valence-electron chi connectivity index (χ0n) is 11.7. The first-order chi connectivity index (χ1) is 10.2. The summed E-state index contributed by atoms with van der Waals surface area (Å²) in [5.41, 5.74) is 2.18. The molecule has 0 unspecified atom stereocenters. The summed E-state index contributed by atoms with van der Waals surface area (Å²) >= 11 is 0. The molecule has 2 aromatic rings. The van der Waals surface area contributed by atoms with Gasteiger partial charge in [0.15, 0.2) is 11.5 Å². The second kappa shape index (κ2) is 5.36. The fourth-order valence-corrected chi connectivity index (χ4v) is 2.20. The zero-order valence-corrected chi connectivity index (χ0v) is 11.7. The van der Waals surface area contributed by atoms with Crippen molar-refractivity contribution < 1.29 is 23.7 Å². The number of esters is 1. The first-order valence-corrected chi connectivity index (χ1v) is 6.38. The van der Waals surface area contributed by atoms with Crippen LogP contribution in [-0.4, -0.2) is 27.0 Å². The lowest BCUT2D eigenvalue weighted by atomic mass is 10.0. The first kappa shape index (κ1) is 13.3. The number of rotatable bonds is 3. The number of methoxy groups -OCH3 is 2. The number of carbonyl (C=O) groups excluding carboxylic acids is 1. The third kappa shape index (κ3) is 2.50. The van der Waals surface area contributed by atoms with Crippen LogP contribution < -0.4 is 14.2 Å². The molecule has 0 atom stereocenters. The van der Waals surface area contributed by atoms with Gasteiger partial charge in [-0.25, -0.2) is 4.79 Å². The summed E-state index contributed by atoms with van der Waals surface area (Å²) in [5.74, 6) is 1.59. The van der Waals surface area contributed by atoms with Crippen LogP contribution in [0.1, 0.15) is 10.4 Å². The molecule has 1 heterocycles. The summed E-state index contributed by atoms with van der Waals surface area (Å²) in [5, 5.41) is 0. The van der Waals surface area contributed by atoms with Gasteiger partial charge in [0.2, 0.25) is 6.79 Å². The normalized spacial score (nSPS) is 12.1. The van der Waals surface area contributed by atoms with Crippen molar-refractivity contribution >= 4 is 5.97 Å². The standard InChI is InChI=1S/C16H14O5/c1-18-13-6-11(5-12(7-13)16(17)19-2)10-3-4-14-15(8-10)21-9-20-14/h3-8H,9H2,1-2H3. The van der Waals surface area contributed by atoms with Gasteiger partial charge in [0.05, 0.1) is 19.8 Å². The first-order valence-electron chi connectivity index (χ1n) is 6.38. The number of benzene rings is 2. The van der Waals surface area contributed by atoms with Crippen molar-refractivity contribution in [1.29, 1.82) is 0 Å². The Balaban J connectivity index is 2.06. The fraction of sp³-hybridized carbons (Fsp3) is 0.188. The maximum Gasteiger partial charge on any atom is 0.338 e. The lowest BCUT2D eigenvalue weighted by Crippen LogP contribution is -2.02. The minimum absolute atomic E-state index is 0.226. The van der Waals surface area contributed by atoms with Crippen LogP contribution in [0.5, 0.6) is 17.2 Å². The number of ether oxygens (including phenoxy) is 4. The summed E-state index contributed by atoms with van der Waals surface area (Å²) in [4.78, 5) is 11.7. The van der Waals surface area contributed by atoms with Crippen LogP contribution in [-0.2, 0) is 4.74 Å². The van der Waals surface area contributed by atoms with E-state index in [9.17, 15) is 4.79 Å². The summed E-state index contributed by atoms with van der Waals surface area (Å²) < 4.78 is 20.7. The molecular formula is C16H14O5. The summed E-state index contributed by atoms with van der Waals surface area (Å²) in [6, 6.07) is 10.9. The van der Waals surface area contributed by atoms with E-state index >= 15 is 0 Å². The number of fused-ring (bicyclic) bond motifs is 1. The van der Waals surface area contributed by atoms with Crippen LogP contribution in [0.25, 0.3) is 11.1 Å². The Hall–Kier alpha value is -2.69. The van der Waals surface area contributed by atoms with Crippen molar-refractivity contribution in [3.05, 3.63) is 42.0 Å². The van der Waals surface area contributed by atoms with Gasteiger partial charge in [0, 0.05) is 0 Å². The maximum atomic E-state index is 11.7. The van der Waals surface area contributed by atoms with Gasteiger partial charge in [-0.1, -0.05) is 6.07 Å². The molecule has 0 fully saturated rings. The van der Waals surface area contributed by atoms with E-state index in [4.69, 9.17) is 18.9 Å². The largest absolute Gasteiger partial charge is 0.497 e. The van der Waals surface area contributed by atoms with Gasteiger partial charge in [0.25, 0.3) is 0 Å². The van der Waals surface area contributed by atoms with Crippen molar-refractivity contribution in [2.45, 2.75) is 0 Å². The fourth-order valence-electron chi connectivity index (χ4n) is 2.20. The van der Waals surface area contributed by atoms with Crippen molar-refractivity contribution in [3.63, 3.8) is 0 Å². The Morgan fingerprint density at radius 3 is 2.57 bits per heavy atom. The highest BCUT2D eigenvalue weighted by atomic mass is 16.7. The highest BCUT2D eigenvalue weighted by Crippen LogP contribution is 2.37. The molecule has 0 amide bonds. The van der Waals surface area contributed by atoms with Crippen LogP contribution in [0.4, 0.5) is 0 Å². The minimum Gasteiger partial charge on any atom is -0.497 e. The lowest BCUT2D eigenvalue weighted by Gasteiger charge is -2.09. The number of hydrogen-bond donors (Lipinski definition) is 0. The molecule has 1 aliphatic rings. The van der Waals surface area contributed by atoms with Crippen molar-refractivity contribution in [2.75, 3.05) is 21.0 Å². The predicted octanol–water partition coefficient (Wildman–Crippen LogP) is 2.88. The zero-order chi connectivity index (χ0) is 14.8. The van der Waals surface area contributed by atoms with Gasteiger partial charge in [-0.2, -0.15) is 0 Å². The highest BCUT2D eigenvalue weighted by molar-refractivity contribution is 5.91. The van der Waals surface area contributed by atoms with Crippen LogP contribution >= 0.6 is 0 Å². The summed E-state index contributed by atoms with van der Waals surface area (Å²) in [7, 11) is 2.90. The second-order valence-corrected chi connectivity index (χ2v) is 4.51. The van der Waals surface area contributed by atoms with Gasteiger partial charge in [-0.05, 0) is 41.5 Å². The SMILES string of the molecule is COC(=O)c1cc(OC)cc(-c2ccc3c(c2)OCO3)c1.